The van der Waals surface area contributed by atoms with E-state index in [-0.39, 0.29) is 21.7 Å². The van der Waals surface area contributed by atoms with Crippen molar-refractivity contribution < 1.29 is 22.6 Å². The maximum absolute atomic E-state index is 12.1. The summed E-state index contributed by atoms with van der Waals surface area (Å²) in [4.78, 5) is 0. The van der Waals surface area contributed by atoms with E-state index >= 15 is 0 Å². The molecule has 9 heteroatoms. The highest BCUT2D eigenvalue weighted by molar-refractivity contribution is 9.10. The van der Waals surface area contributed by atoms with Crippen LogP contribution in [0, 0.1) is 11.3 Å². The molecule has 0 saturated carbocycles. The minimum atomic E-state index is -4.79. The van der Waals surface area contributed by atoms with Gasteiger partial charge in [-0.05, 0) is 40.2 Å². The Morgan fingerprint density at radius 2 is 2.00 bits per heavy atom. The summed E-state index contributed by atoms with van der Waals surface area (Å²) in [6, 6.07) is 6.85. The second-order valence-electron chi connectivity index (χ2n) is 3.60. The number of rotatable bonds is 3. The molecular formula is C12H5BrF3N3O2. The van der Waals surface area contributed by atoms with E-state index in [1.165, 1.54) is 24.4 Å². The van der Waals surface area contributed by atoms with E-state index in [4.69, 9.17) is 10.00 Å². The van der Waals surface area contributed by atoms with Gasteiger partial charge in [0.2, 0.25) is 0 Å². The summed E-state index contributed by atoms with van der Waals surface area (Å²) in [5, 5.41) is 16.1. The first-order valence-electron chi connectivity index (χ1n) is 5.34. The van der Waals surface area contributed by atoms with Crippen molar-refractivity contribution in [1.29, 1.82) is 5.26 Å². The van der Waals surface area contributed by atoms with E-state index in [2.05, 4.69) is 30.9 Å². The zero-order valence-corrected chi connectivity index (χ0v) is 11.6. The Kier molecular flexibility index (Phi) is 4.28. The van der Waals surface area contributed by atoms with Gasteiger partial charge in [-0.25, -0.2) is 0 Å². The normalized spacial score (nSPS) is 10.8. The minimum absolute atomic E-state index is 0.0414. The smallest absolute Gasteiger partial charge is 0.437 e. The van der Waals surface area contributed by atoms with Crippen LogP contribution in [0.25, 0.3) is 0 Å². The number of hydrogen-bond donors (Lipinski definition) is 0. The van der Waals surface area contributed by atoms with Crippen molar-refractivity contribution in [3.63, 3.8) is 0 Å². The summed E-state index contributed by atoms with van der Waals surface area (Å²) in [7, 11) is 0. The Hall–Kier alpha value is -2.34. The van der Waals surface area contributed by atoms with Crippen molar-refractivity contribution in [1.82, 2.24) is 10.2 Å². The summed E-state index contributed by atoms with van der Waals surface area (Å²) in [6.45, 7) is 0. The van der Waals surface area contributed by atoms with Gasteiger partial charge in [0.25, 0.3) is 5.88 Å². The lowest BCUT2D eigenvalue weighted by Gasteiger charge is -2.11. The molecule has 0 N–H and O–H groups in total. The van der Waals surface area contributed by atoms with E-state index < -0.39 is 12.1 Å². The third-order valence-corrected chi connectivity index (χ3v) is 2.77. The largest absolute Gasteiger partial charge is 0.573 e. The molecule has 0 radical (unpaired) electrons. The van der Waals surface area contributed by atoms with Gasteiger partial charge in [-0.3, -0.25) is 0 Å². The van der Waals surface area contributed by atoms with Gasteiger partial charge in [0.05, 0.1) is 10.7 Å². The first kappa shape index (κ1) is 15.1. The Balaban J connectivity index is 2.23. The average molecular weight is 360 g/mol. The second kappa shape index (κ2) is 5.97. The van der Waals surface area contributed by atoms with Crippen LogP contribution in [0.3, 0.4) is 0 Å². The lowest BCUT2D eigenvalue weighted by Crippen LogP contribution is -2.17. The third kappa shape index (κ3) is 4.06. The molecule has 0 aliphatic carbocycles. The van der Waals surface area contributed by atoms with Gasteiger partial charge in [0.15, 0.2) is 0 Å². The standard InChI is InChI=1S/C12H5BrF3N3O2/c13-9-5-8(1-2-10(9)21-12(14,15)16)20-11-7(6-17)3-4-18-19-11/h1-5H. The highest BCUT2D eigenvalue weighted by atomic mass is 79.9. The SMILES string of the molecule is N#Cc1ccnnc1Oc1ccc(OC(F)(F)F)c(Br)c1. The second-order valence-corrected chi connectivity index (χ2v) is 4.46. The highest BCUT2D eigenvalue weighted by Crippen LogP contribution is 2.34. The van der Waals surface area contributed by atoms with Gasteiger partial charge in [-0.15, -0.1) is 18.3 Å². The average Bonchev–Trinajstić information content (AvgIpc) is 2.41. The lowest BCUT2D eigenvalue weighted by molar-refractivity contribution is -0.274. The molecule has 0 spiro atoms. The zero-order valence-electron chi connectivity index (χ0n) is 10.1. The van der Waals surface area contributed by atoms with E-state index in [1.54, 1.807) is 0 Å². The summed E-state index contributed by atoms with van der Waals surface area (Å²) < 4.78 is 45.6. The van der Waals surface area contributed by atoms with E-state index in [9.17, 15) is 13.2 Å². The van der Waals surface area contributed by atoms with Crippen molar-refractivity contribution in [3.05, 3.63) is 40.5 Å². The number of alkyl halides is 3. The number of aromatic nitrogens is 2. The molecule has 0 aliphatic heterocycles. The summed E-state index contributed by atoms with van der Waals surface area (Å²) in [5.74, 6) is -0.278. The van der Waals surface area contributed by atoms with E-state index in [0.717, 1.165) is 6.07 Å². The first-order chi connectivity index (χ1) is 9.89. The van der Waals surface area contributed by atoms with Crippen LogP contribution < -0.4 is 9.47 Å². The maximum atomic E-state index is 12.1. The molecule has 0 saturated heterocycles. The summed E-state index contributed by atoms with van der Waals surface area (Å²) in [6.07, 6.45) is -3.47. The topological polar surface area (TPSA) is 68.0 Å². The predicted molar refractivity (Wildman–Crippen MR) is 67.6 cm³/mol. The van der Waals surface area contributed by atoms with Gasteiger partial charge >= 0.3 is 6.36 Å². The van der Waals surface area contributed by atoms with Gasteiger partial charge in [0.1, 0.15) is 23.1 Å². The molecular weight excluding hydrogens is 355 g/mol. The molecule has 21 heavy (non-hydrogen) atoms. The molecule has 2 rings (SSSR count). The summed E-state index contributed by atoms with van der Waals surface area (Å²) >= 11 is 2.94. The molecule has 5 nitrogen and oxygen atoms in total. The molecule has 108 valence electrons. The van der Waals surface area contributed by atoms with Crippen LogP contribution >= 0.6 is 15.9 Å². The molecule has 0 aliphatic rings. The van der Waals surface area contributed by atoms with Gasteiger partial charge < -0.3 is 9.47 Å². The molecule has 2 aromatic rings. The fourth-order valence-electron chi connectivity index (χ4n) is 1.34. The molecule has 0 atom stereocenters. The van der Waals surface area contributed by atoms with Gasteiger partial charge in [-0.1, -0.05) is 0 Å². The summed E-state index contributed by atoms with van der Waals surface area (Å²) in [5.41, 5.74) is 0.150. The number of benzene rings is 1. The van der Waals surface area contributed by atoms with Crippen molar-refractivity contribution in [2.45, 2.75) is 6.36 Å². The van der Waals surface area contributed by atoms with Crippen molar-refractivity contribution >= 4 is 15.9 Å². The molecule has 0 fully saturated rings. The van der Waals surface area contributed by atoms with Crippen LogP contribution in [-0.2, 0) is 0 Å². The molecule has 0 unspecified atom stereocenters. The number of nitrogens with zero attached hydrogens (tertiary/aromatic N) is 3. The minimum Gasteiger partial charge on any atom is -0.437 e. The monoisotopic (exact) mass is 359 g/mol. The van der Waals surface area contributed by atoms with Crippen LogP contribution in [0.15, 0.2) is 34.9 Å². The lowest BCUT2D eigenvalue weighted by atomic mass is 10.3. The number of ether oxygens (including phenoxy) is 2. The van der Waals surface area contributed by atoms with Crippen molar-refractivity contribution in [3.8, 4) is 23.4 Å². The molecule has 1 aromatic carbocycles. The van der Waals surface area contributed by atoms with Crippen LogP contribution in [0.4, 0.5) is 13.2 Å². The quantitative estimate of drug-likeness (QED) is 0.833. The predicted octanol–water partition coefficient (Wildman–Crippen LogP) is 3.80. The Morgan fingerprint density at radius 1 is 1.24 bits per heavy atom. The Morgan fingerprint density at radius 3 is 2.62 bits per heavy atom. The fourth-order valence-corrected chi connectivity index (χ4v) is 1.78. The third-order valence-electron chi connectivity index (χ3n) is 2.15. The van der Waals surface area contributed by atoms with Crippen molar-refractivity contribution in [2.75, 3.05) is 0 Å². The first-order valence-corrected chi connectivity index (χ1v) is 6.13. The van der Waals surface area contributed by atoms with Crippen molar-refractivity contribution in [2.24, 2.45) is 0 Å². The molecule has 0 bridgehead atoms. The fraction of sp³-hybridized carbons (Fsp3) is 0.0833. The van der Waals surface area contributed by atoms with E-state index in [0.29, 0.717) is 0 Å². The molecule has 1 aromatic heterocycles. The Bertz CT molecular complexity index is 701. The van der Waals surface area contributed by atoms with Gasteiger partial charge in [0, 0.05) is 0 Å². The molecule has 0 amide bonds. The highest BCUT2D eigenvalue weighted by Gasteiger charge is 2.32. The van der Waals surface area contributed by atoms with Crippen LogP contribution in [0.1, 0.15) is 5.56 Å². The van der Waals surface area contributed by atoms with Crippen LogP contribution in [0.2, 0.25) is 0 Å². The zero-order chi connectivity index (χ0) is 15.5. The van der Waals surface area contributed by atoms with Crippen LogP contribution in [0.5, 0.6) is 17.4 Å². The van der Waals surface area contributed by atoms with E-state index in [1.807, 2.05) is 6.07 Å². The number of hydrogen-bond acceptors (Lipinski definition) is 5. The van der Waals surface area contributed by atoms with Gasteiger partial charge in [-0.2, -0.15) is 10.4 Å². The maximum Gasteiger partial charge on any atom is 0.573 e. The Labute approximate surface area is 125 Å². The molecule has 1 heterocycles. The number of nitriles is 1. The number of halogens is 4. The van der Waals surface area contributed by atoms with Crippen LogP contribution in [-0.4, -0.2) is 16.6 Å².